The van der Waals surface area contributed by atoms with Gasteiger partial charge in [-0.15, -0.1) is 0 Å². The van der Waals surface area contributed by atoms with Crippen LogP contribution in [0.3, 0.4) is 0 Å². The highest BCUT2D eigenvalue weighted by Gasteiger charge is 2.74. The number of benzene rings is 5. The Labute approximate surface area is 307 Å². The van der Waals surface area contributed by atoms with Crippen molar-refractivity contribution >= 4 is 23.5 Å². The number of ether oxygens (including phenoxy) is 1. The van der Waals surface area contributed by atoms with Gasteiger partial charge in [0.1, 0.15) is 29.2 Å². The van der Waals surface area contributed by atoms with Crippen molar-refractivity contribution in [1.82, 2.24) is 9.80 Å². The van der Waals surface area contributed by atoms with Gasteiger partial charge in [-0.1, -0.05) is 115 Å². The summed E-state index contributed by atoms with van der Waals surface area (Å²) < 4.78 is 6.26. The number of phenolic OH excluding ortho intramolecular Hbond substituents is 1. The van der Waals surface area contributed by atoms with Crippen LogP contribution in [0.1, 0.15) is 51.6 Å². The Morgan fingerprint density at radius 2 is 1.47 bits per heavy atom. The van der Waals surface area contributed by atoms with Crippen LogP contribution in [0.2, 0.25) is 0 Å². The van der Waals surface area contributed by atoms with Gasteiger partial charge in [-0.05, 0) is 65.2 Å². The van der Waals surface area contributed by atoms with E-state index in [1.807, 2.05) is 96.9 Å². The summed E-state index contributed by atoms with van der Waals surface area (Å²) in [5.74, 6) is 2.39. The molecule has 0 radical (unpaired) electrons. The number of carbonyl (C=O) groups is 3. The Morgan fingerprint density at radius 3 is 2.13 bits per heavy atom. The summed E-state index contributed by atoms with van der Waals surface area (Å²) in [5, 5.41) is 24.5. The van der Waals surface area contributed by atoms with Crippen molar-refractivity contribution in [3.8, 4) is 17.6 Å². The molecule has 1 amide bonds. The Hall–Kier alpha value is -6.21. The third kappa shape index (κ3) is 5.82. The number of amides is 1. The van der Waals surface area contributed by atoms with E-state index in [1.165, 1.54) is 17.7 Å². The van der Waals surface area contributed by atoms with Crippen LogP contribution in [0.5, 0.6) is 5.75 Å². The van der Waals surface area contributed by atoms with Crippen molar-refractivity contribution in [2.24, 2.45) is 5.92 Å². The fraction of sp³-hybridized carbons (Fsp3) is 0.205. The summed E-state index contributed by atoms with van der Waals surface area (Å²) in [6.07, 6.45) is -0.819. The molecular formula is C44H37N3O6. The van der Waals surface area contributed by atoms with Crippen molar-refractivity contribution < 1.29 is 29.3 Å². The van der Waals surface area contributed by atoms with Crippen molar-refractivity contribution in [3.05, 3.63) is 167 Å². The first kappa shape index (κ1) is 33.9. The van der Waals surface area contributed by atoms with Crippen molar-refractivity contribution in [2.45, 2.75) is 36.2 Å². The zero-order chi connectivity index (χ0) is 36.7. The number of carboxylic acid groups (broad SMARTS) is 1. The quantitative estimate of drug-likeness (QED) is 0.135. The van der Waals surface area contributed by atoms with Gasteiger partial charge in [0.05, 0.1) is 18.6 Å². The molecule has 1 spiro atoms. The number of nitrogens with one attached hydrogen (secondary N) is 1. The number of cyclic esters (lactones) is 1. The number of aliphatic carboxylic acids is 1. The number of morpholine rings is 1. The van der Waals surface area contributed by atoms with Gasteiger partial charge in [-0.3, -0.25) is 24.2 Å². The van der Waals surface area contributed by atoms with Crippen LogP contribution in [0.15, 0.2) is 133 Å². The zero-order valence-corrected chi connectivity index (χ0v) is 28.9. The molecule has 0 bridgehead atoms. The second-order valence-corrected chi connectivity index (χ2v) is 13.9. The highest BCUT2D eigenvalue weighted by Crippen LogP contribution is 2.64. The first-order chi connectivity index (χ1) is 25.8. The summed E-state index contributed by atoms with van der Waals surface area (Å²) in [6.45, 7) is 1.19. The molecule has 2 saturated heterocycles. The number of hydrogen-bond donors (Lipinski definition) is 3. The fourth-order valence-electron chi connectivity index (χ4n) is 8.53. The third-order valence-corrected chi connectivity index (χ3v) is 10.7. The van der Waals surface area contributed by atoms with Gasteiger partial charge in [0.15, 0.2) is 0 Å². The highest BCUT2D eigenvalue weighted by atomic mass is 16.6. The summed E-state index contributed by atoms with van der Waals surface area (Å²) in [6, 6.07) is 37.8. The van der Waals surface area contributed by atoms with E-state index in [9.17, 15) is 24.6 Å². The number of carbonyl (C=O) groups excluding carboxylic acids is 2. The SMILES string of the molecule is CN(CC#Cc1ccc2c(c1)[C@]1(C(=O)N2)[C@H](c2ccc(O)cc2)N2[C@H](c3ccccc3)[C@H](c3ccccc3)OC(=O)[C@H]2[C@@H]1C(=O)O)Cc1ccccc1. The molecule has 0 saturated carbocycles. The van der Waals surface area contributed by atoms with Gasteiger partial charge in [-0.25, -0.2) is 0 Å². The highest BCUT2D eigenvalue weighted by molar-refractivity contribution is 6.11. The maximum absolute atomic E-state index is 14.8. The van der Waals surface area contributed by atoms with Crippen LogP contribution in [-0.4, -0.2) is 57.5 Å². The van der Waals surface area contributed by atoms with Crippen LogP contribution in [0.25, 0.3) is 0 Å². The summed E-state index contributed by atoms with van der Waals surface area (Å²) in [5.41, 5.74) is 2.99. The molecular weight excluding hydrogens is 666 g/mol. The summed E-state index contributed by atoms with van der Waals surface area (Å²) in [7, 11) is 1.99. The normalized spacial score (nSPS) is 24.5. The van der Waals surface area contributed by atoms with Gasteiger partial charge in [-0.2, -0.15) is 0 Å². The Morgan fingerprint density at radius 1 is 0.830 bits per heavy atom. The number of hydrogen-bond acceptors (Lipinski definition) is 7. The minimum absolute atomic E-state index is 0.0121. The summed E-state index contributed by atoms with van der Waals surface area (Å²) >= 11 is 0. The lowest BCUT2D eigenvalue weighted by atomic mass is 9.65. The smallest absolute Gasteiger partial charge is 0.325 e. The number of nitrogens with zero attached hydrogens (tertiary/aromatic N) is 2. The van der Waals surface area contributed by atoms with E-state index in [2.05, 4.69) is 34.2 Å². The maximum Gasteiger partial charge on any atom is 0.325 e. The van der Waals surface area contributed by atoms with E-state index in [-0.39, 0.29) is 5.75 Å². The molecule has 5 aromatic carbocycles. The number of carboxylic acids is 1. The standard InChI is InChI=1S/C44H37N3O6/c1-46(27-29-12-5-2-6-13-29)25-11-14-28-19-24-35-34(26-28)44(43(52)45-35)36(41(49)50)38-42(51)53-39(31-17-9-4-10-18-31)37(30-15-7-3-8-16-30)47(38)40(44)32-20-22-33(48)23-21-32/h2-10,12-13,15-24,26,36-40,48H,25,27H2,1H3,(H,45,52)(H,49,50)/t36-,37-,38-,39+,40+,44-/m1/s1. The number of phenols is 1. The molecule has 6 atom stereocenters. The Kier molecular flexibility index (Phi) is 8.79. The summed E-state index contributed by atoms with van der Waals surface area (Å²) in [4.78, 5) is 46.9. The first-order valence-electron chi connectivity index (χ1n) is 17.5. The molecule has 53 heavy (non-hydrogen) atoms. The molecule has 0 aromatic heterocycles. The molecule has 0 aliphatic carbocycles. The maximum atomic E-state index is 14.8. The van der Waals surface area contributed by atoms with Gasteiger partial charge >= 0.3 is 11.9 Å². The van der Waals surface area contributed by atoms with Crippen LogP contribution in [0.4, 0.5) is 5.69 Å². The number of anilines is 1. The van der Waals surface area contributed by atoms with Crippen LogP contribution in [-0.2, 0) is 31.1 Å². The van der Waals surface area contributed by atoms with E-state index < -0.39 is 53.4 Å². The predicted molar refractivity (Wildman–Crippen MR) is 198 cm³/mol. The minimum atomic E-state index is -1.79. The number of rotatable bonds is 7. The molecule has 9 heteroatoms. The van der Waals surface area contributed by atoms with Crippen molar-refractivity contribution in [1.29, 1.82) is 0 Å². The second-order valence-electron chi connectivity index (χ2n) is 13.9. The molecule has 8 rings (SSSR count). The van der Waals surface area contributed by atoms with Crippen molar-refractivity contribution in [3.63, 3.8) is 0 Å². The van der Waals surface area contributed by atoms with Gasteiger partial charge in [0.2, 0.25) is 5.91 Å². The van der Waals surface area contributed by atoms with Crippen molar-refractivity contribution in [2.75, 3.05) is 18.9 Å². The lowest BCUT2D eigenvalue weighted by Crippen LogP contribution is -2.52. The van der Waals surface area contributed by atoms with Gasteiger partial charge in [0, 0.05) is 17.8 Å². The fourth-order valence-corrected chi connectivity index (χ4v) is 8.53. The molecule has 5 aromatic rings. The Balaban J connectivity index is 1.30. The topological polar surface area (TPSA) is 119 Å². The molecule has 9 nitrogen and oxygen atoms in total. The van der Waals surface area contributed by atoms with Crippen LogP contribution < -0.4 is 5.32 Å². The predicted octanol–water partition coefficient (Wildman–Crippen LogP) is 6.23. The average Bonchev–Trinajstić information content (AvgIpc) is 3.65. The van der Waals surface area contributed by atoms with E-state index in [0.29, 0.717) is 28.9 Å². The third-order valence-electron chi connectivity index (χ3n) is 10.7. The lowest BCUT2D eigenvalue weighted by molar-refractivity contribution is -0.179. The number of fused-ring (bicyclic) bond motifs is 3. The minimum Gasteiger partial charge on any atom is -0.508 e. The number of aromatic hydroxyl groups is 1. The molecule has 2 fully saturated rings. The van der Waals surface area contributed by atoms with Crippen LogP contribution in [0, 0.1) is 17.8 Å². The molecule has 0 unspecified atom stereocenters. The zero-order valence-electron chi connectivity index (χ0n) is 28.9. The molecule has 3 aliphatic heterocycles. The van der Waals surface area contributed by atoms with Gasteiger partial charge in [0.25, 0.3) is 0 Å². The Bertz CT molecular complexity index is 2240. The van der Waals surface area contributed by atoms with Crippen LogP contribution >= 0.6 is 0 Å². The second kappa shape index (κ2) is 13.7. The molecule has 3 heterocycles. The molecule has 264 valence electrons. The number of esters is 1. The van der Waals surface area contributed by atoms with E-state index in [0.717, 1.165) is 17.7 Å². The molecule has 3 aliphatic rings. The first-order valence-corrected chi connectivity index (χ1v) is 17.5. The average molecular weight is 704 g/mol. The lowest BCUT2D eigenvalue weighted by Gasteiger charge is -2.46. The molecule has 3 N–H and O–H groups in total. The van der Waals surface area contributed by atoms with Gasteiger partial charge < -0.3 is 20.3 Å². The monoisotopic (exact) mass is 703 g/mol. The largest absolute Gasteiger partial charge is 0.508 e. The van der Waals surface area contributed by atoms with E-state index in [1.54, 1.807) is 24.3 Å². The van der Waals surface area contributed by atoms with E-state index >= 15 is 0 Å². The van der Waals surface area contributed by atoms with E-state index in [4.69, 9.17) is 4.74 Å².